The van der Waals surface area contributed by atoms with Crippen LogP contribution in [0.1, 0.15) is 97.9 Å². The molecule has 16 nitrogen and oxygen atoms in total. The van der Waals surface area contributed by atoms with Gasteiger partial charge in [-0.1, -0.05) is 18.2 Å². The van der Waals surface area contributed by atoms with Crippen molar-refractivity contribution in [2.24, 2.45) is 5.92 Å². The van der Waals surface area contributed by atoms with Gasteiger partial charge in [0.25, 0.3) is 12.3 Å². The van der Waals surface area contributed by atoms with Crippen molar-refractivity contribution in [2.75, 3.05) is 62.8 Å². The molecule has 4 aliphatic rings. The van der Waals surface area contributed by atoms with Crippen molar-refractivity contribution in [1.82, 2.24) is 44.1 Å². The maximum Gasteiger partial charge on any atom is 0.284 e. The Labute approximate surface area is 368 Å². The van der Waals surface area contributed by atoms with Crippen LogP contribution in [0.5, 0.6) is 0 Å². The standard InChI is InChI=1S/C46H53F2N11O5/c47-42(48)41-35(51-45(61)34-26-50-57-20-16-38(52-43(34)57)56-21-24-63-25-22-56)28-58(54-41)31-9-7-29(8-10-31)27-55-18-14-32(15-19-55)64-23-3-4-30-13-17-49-44-40(30)33-5-1-2-6-36(33)59(44)37-11-12-39(60)53-46(37)62/h1-2,5-6,13,16-17,20,26,28-29,31-32,37,42H,3-4,7-12,14-15,18-19,21-25,27H2,(H,51,61)(H,53,60,62). The van der Waals surface area contributed by atoms with E-state index in [0.717, 1.165) is 92.9 Å². The number of aromatic nitrogens is 7. The molecular formula is C46H53F2N11O5. The second-order valence-electron chi connectivity index (χ2n) is 17.5. The number of nitrogens with one attached hydrogen (secondary N) is 2. The van der Waals surface area contributed by atoms with Crippen LogP contribution in [0.2, 0.25) is 0 Å². The van der Waals surface area contributed by atoms with Gasteiger partial charge in [-0.25, -0.2) is 23.3 Å². The van der Waals surface area contributed by atoms with Crippen LogP contribution in [0, 0.1) is 5.92 Å². The maximum atomic E-state index is 14.3. The lowest BCUT2D eigenvalue weighted by atomic mass is 9.85. The zero-order chi connectivity index (χ0) is 43.7. The van der Waals surface area contributed by atoms with E-state index in [1.54, 1.807) is 17.1 Å². The number of rotatable bonds is 13. The van der Waals surface area contributed by atoms with E-state index in [4.69, 9.17) is 14.5 Å². The number of nitrogens with zero attached hydrogens (tertiary/aromatic N) is 9. The van der Waals surface area contributed by atoms with Crippen molar-refractivity contribution in [3.8, 4) is 0 Å². The fraction of sp³-hybridized carbons (Fsp3) is 0.500. The molecule has 3 aliphatic heterocycles. The number of anilines is 2. The van der Waals surface area contributed by atoms with Gasteiger partial charge in [-0.3, -0.25) is 24.4 Å². The van der Waals surface area contributed by atoms with E-state index in [-0.39, 0.29) is 35.2 Å². The number of hydrogen-bond donors (Lipinski definition) is 2. The van der Waals surface area contributed by atoms with Crippen molar-refractivity contribution in [1.29, 1.82) is 0 Å². The van der Waals surface area contributed by atoms with Crippen LogP contribution in [-0.2, 0) is 25.5 Å². The summed E-state index contributed by atoms with van der Waals surface area (Å²) in [6.07, 6.45) is 11.9. The lowest BCUT2D eigenvalue weighted by Crippen LogP contribution is -2.41. The van der Waals surface area contributed by atoms with E-state index >= 15 is 0 Å². The molecule has 3 saturated heterocycles. The first-order valence-electron chi connectivity index (χ1n) is 22.7. The molecule has 0 bridgehead atoms. The number of carbonyl (C=O) groups excluding carboxylic acids is 3. The van der Waals surface area contributed by atoms with E-state index in [1.165, 1.54) is 16.3 Å². The number of imide groups is 1. The number of pyridine rings is 1. The summed E-state index contributed by atoms with van der Waals surface area (Å²) in [5, 5.41) is 15.9. The number of fused-ring (bicyclic) bond motifs is 4. The molecule has 3 amide bonds. The van der Waals surface area contributed by atoms with Gasteiger partial charge in [0.1, 0.15) is 23.1 Å². The highest BCUT2D eigenvalue weighted by atomic mass is 19.3. The number of hydrogen-bond acceptors (Lipinski definition) is 11. The molecule has 0 radical (unpaired) electrons. The molecule has 4 fully saturated rings. The topological polar surface area (TPSA) is 166 Å². The Bertz CT molecular complexity index is 2660. The molecule has 1 aliphatic carbocycles. The Hall–Kier alpha value is -5.85. The zero-order valence-electron chi connectivity index (χ0n) is 35.7. The average Bonchev–Trinajstić information content (AvgIpc) is 4.03. The number of aryl methyl sites for hydroxylation is 1. The predicted molar refractivity (Wildman–Crippen MR) is 235 cm³/mol. The Kier molecular flexibility index (Phi) is 12.1. The van der Waals surface area contributed by atoms with Gasteiger partial charge in [0.2, 0.25) is 11.8 Å². The van der Waals surface area contributed by atoms with Gasteiger partial charge in [0.05, 0.1) is 42.8 Å². The van der Waals surface area contributed by atoms with Crippen LogP contribution in [0.25, 0.3) is 27.6 Å². The number of alkyl halides is 2. The van der Waals surface area contributed by atoms with Crippen molar-refractivity contribution >= 4 is 56.8 Å². The van der Waals surface area contributed by atoms with Crippen LogP contribution in [0.4, 0.5) is 20.3 Å². The fourth-order valence-electron chi connectivity index (χ4n) is 10.2. The van der Waals surface area contributed by atoms with Crippen molar-refractivity contribution < 1.29 is 32.6 Å². The monoisotopic (exact) mass is 877 g/mol. The number of benzene rings is 1. The molecule has 64 heavy (non-hydrogen) atoms. The summed E-state index contributed by atoms with van der Waals surface area (Å²) in [7, 11) is 0. The van der Waals surface area contributed by atoms with Crippen LogP contribution >= 0.6 is 0 Å². The molecule has 2 N–H and O–H groups in total. The Morgan fingerprint density at radius 1 is 0.969 bits per heavy atom. The SMILES string of the molecule is O=C1CCC(n2c3ccccc3c3c(CCCOC4CCN(CC5CCC(n6cc(NC(=O)c7cnn8ccc(N9CCOCC9)nc78)c(C(F)F)n6)CC5)CC4)ccnc32)C(=O)N1. The van der Waals surface area contributed by atoms with Crippen LogP contribution < -0.4 is 15.5 Å². The number of piperidine rings is 2. The van der Waals surface area contributed by atoms with E-state index < -0.39 is 24.1 Å². The lowest BCUT2D eigenvalue weighted by Gasteiger charge is -2.36. The summed E-state index contributed by atoms with van der Waals surface area (Å²) in [6, 6.07) is 11.5. The quantitative estimate of drug-likeness (QED) is 0.0992. The van der Waals surface area contributed by atoms with Crippen molar-refractivity contribution in [2.45, 2.75) is 88.8 Å². The summed E-state index contributed by atoms with van der Waals surface area (Å²) in [4.78, 5) is 52.3. The summed E-state index contributed by atoms with van der Waals surface area (Å²) in [6.45, 7) is 6.16. The van der Waals surface area contributed by atoms with Gasteiger partial charge in [-0.05, 0) is 87.5 Å². The average molecular weight is 878 g/mol. The number of morpholine rings is 1. The Morgan fingerprint density at radius 2 is 1.78 bits per heavy atom. The third kappa shape index (κ3) is 8.57. The van der Waals surface area contributed by atoms with Gasteiger partial charge in [0, 0.05) is 75.1 Å². The Morgan fingerprint density at radius 3 is 2.58 bits per heavy atom. The van der Waals surface area contributed by atoms with Gasteiger partial charge in [-0.15, -0.1) is 0 Å². The van der Waals surface area contributed by atoms with E-state index in [1.807, 2.05) is 35.0 Å². The molecule has 1 saturated carbocycles. The normalized spacial score (nSPS) is 21.7. The molecule has 18 heteroatoms. The predicted octanol–water partition coefficient (Wildman–Crippen LogP) is 6.28. The number of para-hydroxylation sites is 1. The minimum Gasteiger partial charge on any atom is -0.378 e. The number of amides is 3. The van der Waals surface area contributed by atoms with Crippen LogP contribution in [0.15, 0.2) is 61.2 Å². The summed E-state index contributed by atoms with van der Waals surface area (Å²) in [5.41, 5.74) is 2.98. The van der Waals surface area contributed by atoms with Crippen LogP contribution in [-0.4, -0.2) is 115 Å². The van der Waals surface area contributed by atoms with Crippen LogP contribution in [0.3, 0.4) is 0 Å². The highest BCUT2D eigenvalue weighted by Gasteiger charge is 2.32. The zero-order valence-corrected chi connectivity index (χ0v) is 35.7. The van der Waals surface area contributed by atoms with E-state index in [9.17, 15) is 23.2 Å². The molecule has 1 aromatic carbocycles. The number of likely N-dealkylation sites (tertiary alicyclic amines) is 1. The number of ether oxygens (including phenoxy) is 2. The first kappa shape index (κ1) is 42.1. The van der Waals surface area contributed by atoms with E-state index in [2.05, 4.69) is 47.7 Å². The number of carbonyl (C=O) groups is 3. The second kappa shape index (κ2) is 18.3. The Balaban J connectivity index is 0.690. The third-order valence-corrected chi connectivity index (χ3v) is 13.5. The second-order valence-corrected chi connectivity index (χ2v) is 17.5. The molecule has 5 aromatic heterocycles. The smallest absolute Gasteiger partial charge is 0.284 e. The fourth-order valence-corrected chi connectivity index (χ4v) is 10.2. The van der Waals surface area contributed by atoms with Gasteiger partial charge in [-0.2, -0.15) is 10.2 Å². The van der Waals surface area contributed by atoms with Crippen molar-refractivity contribution in [3.05, 3.63) is 78.0 Å². The highest BCUT2D eigenvalue weighted by Crippen LogP contribution is 2.37. The molecular weight excluding hydrogens is 825 g/mol. The molecule has 0 spiro atoms. The maximum absolute atomic E-state index is 14.3. The molecule has 1 atom stereocenters. The highest BCUT2D eigenvalue weighted by molar-refractivity contribution is 6.10. The van der Waals surface area contributed by atoms with Gasteiger partial charge >= 0.3 is 0 Å². The molecule has 8 heterocycles. The first-order chi connectivity index (χ1) is 31.3. The van der Waals surface area contributed by atoms with Gasteiger partial charge in [0.15, 0.2) is 11.3 Å². The minimum absolute atomic E-state index is 0.000850. The minimum atomic E-state index is -2.85. The van der Waals surface area contributed by atoms with Gasteiger partial charge < -0.3 is 29.2 Å². The summed E-state index contributed by atoms with van der Waals surface area (Å²) < 4.78 is 45.6. The summed E-state index contributed by atoms with van der Waals surface area (Å²) >= 11 is 0. The van der Waals surface area contributed by atoms with Crippen molar-refractivity contribution in [3.63, 3.8) is 0 Å². The van der Waals surface area contributed by atoms with E-state index in [0.29, 0.717) is 63.1 Å². The largest absolute Gasteiger partial charge is 0.378 e. The summed E-state index contributed by atoms with van der Waals surface area (Å²) in [5.74, 6) is 0.128. The third-order valence-electron chi connectivity index (χ3n) is 13.5. The first-order valence-corrected chi connectivity index (χ1v) is 22.7. The molecule has 6 aromatic rings. The molecule has 1 unspecified atom stereocenters. The number of halogens is 2. The molecule has 336 valence electrons. The molecule has 10 rings (SSSR count). The lowest BCUT2D eigenvalue weighted by molar-refractivity contribution is -0.135.